The molecule has 0 spiro atoms. The summed E-state index contributed by atoms with van der Waals surface area (Å²) in [7, 11) is 0. The van der Waals surface area contributed by atoms with Gasteiger partial charge in [-0.05, 0) is 12.1 Å². The lowest BCUT2D eigenvalue weighted by molar-refractivity contribution is 0.0450. The Kier molecular flexibility index (Phi) is 8.00. The minimum absolute atomic E-state index is 0.365. The molecule has 0 amide bonds. The summed E-state index contributed by atoms with van der Waals surface area (Å²) >= 11 is 0. The van der Waals surface area contributed by atoms with Gasteiger partial charge in [-0.3, -0.25) is 0 Å². The maximum atomic E-state index is 10.7. The smallest absolute Gasteiger partial charge is 0.356 e. The fourth-order valence-corrected chi connectivity index (χ4v) is 0.700. The molecule has 0 saturated carbocycles. The number of benzene rings is 1. The molecule has 6 nitrogen and oxygen atoms in total. The van der Waals surface area contributed by atoms with E-state index in [1.165, 1.54) is 0 Å². The lowest BCUT2D eigenvalue weighted by atomic mass is 10.2. The quantitative estimate of drug-likeness (QED) is 0.497. The van der Waals surface area contributed by atoms with E-state index in [0.717, 1.165) is 0 Å². The van der Waals surface area contributed by atoms with Crippen molar-refractivity contribution < 1.29 is 25.0 Å². The highest BCUT2D eigenvalue weighted by Crippen LogP contribution is 1.98. The standard InChI is InChI=1S/C7H7NO2.C3H8O3/c8-10-7(9)6-4-2-1-3-5-6;4-1-3(6)2-5/h1-5H,8H2;3-6H,1-2H2. The average Bonchev–Trinajstić information content (AvgIpc) is 2.38. The van der Waals surface area contributed by atoms with Gasteiger partial charge in [0.25, 0.3) is 0 Å². The van der Waals surface area contributed by atoms with Gasteiger partial charge in [0.15, 0.2) is 0 Å². The summed E-state index contributed by atoms with van der Waals surface area (Å²) in [5.41, 5.74) is 0.463. The van der Waals surface area contributed by atoms with Crippen LogP contribution in [0.4, 0.5) is 0 Å². The molecule has 1 aromatic carbocycles. The Balaban J connectivity index is 0.000000325. The summed E-state index contributed by atoms with van der Waals surface area (Å²) in [4.78, 5) is 14.7. The third-order valence-corrected chi connectivity index (χ3v) is 1.54. The fraction of sp³-hybridized carbons (Fsp3) is 0.300. The van der Waals surface area contributed by atoms with Gasteiger partial charge in [0.05, 0.1) is 18.8 Å². The molecule has 0 aliphatic carbocycles. The predicted molar refractivity (Wildman–Crippen MR) is 56.2 cm³/mol. The number of aliphatic hydroxyl groups excluding tert-OH is 3. The van der Waals surface area contributed by atoms with Crippen LogP contribution in [0.15, 0.2) is 30.3 Å². The van der Waals surface area contributed by atoms with Gasteiger partial charge in [-0.1, -0.05) is 18.2 Å². The van der Waals surface area contributed by atoms with Gasteiger partial charge in [0.2, 0.25) is 0 Å². The average molecular weight is 229 g/mol. The van der Waals surface area contributed by atoms with Gasteiger partial charge < -0.3 is 20.2 Å². The molecule has 0 atom stereocenters. The molecule has 90 valence electrons. The van der Waals surface area contributed by atoms with Crippen molar-refractivity contribution in [1.29, 1.82) is 0 Å². The molecule has 0 heterocycles. The van der Waals surface area contributed by atoms with E-state index in [2.05, 4.69) is 10.7 Å². The van der Waals surface area contributed by atoms with E-state index < -0.39 is 12.1 Å². The first-order chi connectivity index (χ1) is 7.65. The van der Waals surface area contributed by atoms with Crippen LogP contribution in [0, 0.1) is 0 Å². The molecule has 0 unspecified atom stereocenters. The van der Waals surface area contributed by atoms with E-state index in [1.807, 2.05) is 6.07 Å². The Labute approximate surface area is 92.8 Å². The van der Waals surface area contributed by atoms with Gasteiger partial charge >= 0.3 is 5.97 Å². The van der Waals surface area contributed by atoms with E-state index in [9.17, 15) is 4.79 Å². The number of carbonyl (C=O) groups is 1. The lowest BCUT2D eigenvalue weighted by Gasteiger charge is -1.96. The highest BCUT2D eigenvalue weighted by Gasteiger charge is 2.01. The van der Waals surface area contributed by atoms with Crippen LogP contribution in [0.2, 0.25) is 0 Å². The van der Waals surface area contributed by atoms with Crippen LogP contribution in [0.25, 0.3) is 0 Å². The number of aliphatic hydroxyl groups is 3. The second-order valence-electron chi connectivity index (χ2n) is 2.79. The summed E-state index contributed by atoms with van der Waals surface area (Å²) in [6.07, 6.45) is -0.954. The predicted octanol–water partition coefficient (Wildman–Crippen LogP) is -0.951. The van der Waals surface area contributed by atoms with Gasteiger partial charge in [-0.2, -0.15) is 5.90 Å². The second-order valence-corrected chi connectivity index (χ2v) is 2.79. The molecular weight excluding hydrogens is 214 g/mol. The summed E-state index contributed by atoms with van der Waals surface area (Å²) < 4.78 is 0. The Hall–Kier alpha value is -1.47. The Morgan fingerprint density at radius 3 is 2.06 bits per heavy atom. The SMILES string of the molecule is NOC(=O)c1ccccc1.OCC(O)CO. The summed E-state index contributed by atoms with van der Waals surface area (Å²) in [5.74, 6) is 4.14. The van der Waals surface area contributed by atoms with Gasteiger partial charge in [0, 0.05) is 0 Å². The number of hydrogen-bond acceptors (Lipinski definition) is 6. The largest absolute Gasteiger partial charge is 0.394 e. The van der Waals surface area contributed by atoms with Crippen molar-refractivity contribution in [2.45, 2.75) is 6.10 Å². The zero-order valence-electron chi connectivity index (χ0n) is 8.61. The first-order valence-electron chi connectivity index (χ1n) is 4.51. The molecule has 0 saturated heterocycles. The lowest BCUT2D eigenvalue weighted by Crippen LogP contribution is -2.15. The number of carbonyl (C=O) groups excluding carboxylic acids is 1. The molecule has 1 aromatic rings. The number of rotatable bonds is 3. The van der Waals surface area contributed by atoms with Crippen molar-refractivity contribution >= 4 is 5.97 Å². The third-order valence-electron chi connectivity index (χ3n) is 1.54. The maximum Gasteiger partial charge on any atom is 0.356 e. The molecule has 0 aromatic heterocycles. The summed E-state index contributed by atoms with van der Waals surface area (Å²) in [6, 6.07) is 8.57. The first-order valence-corrected chi connectivity index (χ1v) is 4.51. The Morgan fingerprint density at radius 2 is 1.75 bits per heavy atom. The molecular formula is C10H15NO5. The van der Waals surface area contributed by atoms with Crippen LogP contribution < -0.4 is 5.90 Å². The molecule has 0 bridgehead atoms. The minimum atomic E-state index is -0.954. The second kappa shape index (κ2) is 8.81. The van der Waals surface area contributed by atoms with E-state index in [-0.39, 0.29) is 13.2 Å². The zero-order chi connectivity index (χ0) is 12.4. The Morgan fingerprint density at radius 1 is 1.25 bits per heavy atom. The van der Waals surface area contributed by atoms with E-state index in [4.69, 9.17) is 15.3 Å². The highest BCUT2D eigenvalue weighted by molar-refractivity contribution is 5.88. The number of nitrogens with two attached hydrogens (primary N) is 1. The third kappa shape index (κ3) is 6.10. The van der Waals surface area contributed by atoms with Gasteiger partial charge in [0.1, 0.15) is 6.10 Å². The van der Waals surface area contributed by atoms with Gasteiger partial charge in [-0.15, -0.1) is 0 Å². The monoisotopic (exact) mass is 229 g/mol. The number of hydrogen-bond donors (Lipinski definition) is 4. The van der Waals surface area contributed by atoms with Crippen molar-refractivity contribution in [2.24, 2.45) is 5.90 Å². The molecule has 0 aliphatic heterocycles. The van der Waals surface area contributed by atoms with E-state index >= 15 is 0 Å². The molecule has 6 heteroatoms. The van der Waals surface area contributed by atoms with Crippen molar-refractivity contribution in [3.63, 3.8) is 0 Å². The van der Waals surface area contributed by atoms with Crippen LogP contribution in [0.1, 0.15) is 10.4 Å². The van der Waals surface area contributed by atoms with Crippen LogP contribution >= 0.6 is 0 Å². The normalized spacial score (nSPS) is 9.31. The maximum absolute atomic E-state index is 10.7. The first kappa shape index (κ1) is 14.5. The van der Waals surface area contributed by atoms with E-state index in [1.54, 1.807) is 24.3 Å². The van der Waals surface area contributed by atoms with Crippen LogP contribution in [-0.2, 0) is 4.84 Å². The summed E-state index contributed by atoms with van der Waals surface area (Å²) in [6.45, 7) is -0.729. The molecule has 0 radical (unpaired) electrons. The van der Waals surface area contributed by atoms with Crippen LogP contribution in [0.5, 0.6) is 0 Å². The van der Waals surface area contributed by atoms with Crippen molar-refractivity contribution in [1.82, 2.24) is 0 Å². The van der Waals surface area contributed by atoms with Crippen molar-refractivity contribution in [2.75, 3.05) is 13.2 Å². The topological polar surface area (TPSA) is 113 Å². The van der Waals surface area contributed by atoms with E-state index in [0.29, 0.717) is 5.56 Å². The minimum Gasteiger partial charge on any atom is -0.394 e. The van der Waals surface area contributed by atoms with Crippen molar-refractivity contribution in [3.8, 4) is 0 Å². The molecule has 1 rings (SSSR count). The molecule has 5 N–H and O–H groups in total. The molecule has 0 aliphatic rings. The fourth-order valence-electron chi connectivity index (χ4n) is 0.700. The van der Waals surface area contributed by atoms with Crippen LogP contribution in [0.3, 0.4) is 0 Å². The zero-order valence-corrected chi connectivity index (χ0v) is 8.61. The molecule has 16 heavy (non-hydrogen) atoms. The van der Waals surface area contributed by atoms with Crippen LogP contribution in [-0.4, -0.2) is 40.6 Å². The molecule has 0 fully saturated rings. The van der Waals surface area contributed by atoms with Crippen molar-refractivity contribution in [3.05, 3.63) is 35.9 Å². The summed E-state index contributed by atoms with van der Waals surface area (Å²) in [5, 5.41) is 24.0. The Bertz CT molecular complexity index is 287. The van der Waals surface area contributed by atoms with Gasteiger partial charge in [-0.25, -0.2) is 4.79 Å². The highest BCUT2D eigenvalue weighted by atomic mass is 16.7.